The molecule has 0 aliphatic carbocycles. The van der Waals surface area contributed by atoms with Crippen LogP contribution in [0.1, 0.15) is 20.7 Å². The molecular formula is C18H12ClN5O3. The van der Waals surface area contributed by atoms with Crippen LogP contribution in [-0.4, -0.2) is 43.9 Å². The van der Waals surface area contributed by atoms with Gasteiger partial charge >= 0.3 is 0 Å². The summed E-state index contributed by atoms with van der Waals surface area (Å²) in [5, 5.41) is 7.12. The number of hydrogen-bond acceptors (Lipinski definition) is 5. The highest BCUT2D eigenvalue weighted by Gasteiger charge is 2.36. The first-order valence-electron chi connectivity index (χ1n) is 7.94. The van der Waals surface area contributed by atoms with E-state index in [-0.39, 0.29) is 0 Å². The van der Waals surface area contributed by atoms with Gasteiger partial charge in [0.15, 0.2) is 0 Å². The molecule has 1 N–H and O–H groups in total. The molecule has 9 heteroatoms. The summed E-state index contributed by atoms with van der Waals surface area (Å²) in [5.74, 6) is -1.52. The standard InChI is InChI=1S/C18H12ClN5O3/c19-11-5-6-15(24-10-20-9-21-24)14(7-11)22-16(25)8-23-17(26)12-3-1-2-4-13(12)18(23)27/h1-7,9-10H,8H2,(H,22,25). The number of anilines is 1. The van der Waals surface area contributed by atoms with Crippen molar-refractivity contribution >= 4 is 35.0 Å². The number of rotatable bonds is 4. The first-order chi connectivity index (χ1) is 13.0. The van der Waals surface area contributed by atoms with Crippen molar-refractivity contribution in [2.45, 2.75) is 0 Å². The maximum absolute atomic E-state index is 12.5. The Kier molecular flexibility index (Phi) is 4.17. The highest BCUT2D eigenvalue weighted by molar-refractivity contribution is 6.31. The molecule has 0 spiro atoms. The third kappa shape index (κ3) is 3.06. The molecule has 1 aliphatic heterocycles. The first kappa shape index (κ1) is 16.9. The van der Waals surface area contributed by atoms with Gasteiger partial charge in [0.25, 0.3) is 11.8 Å². The van der Waals surface area contributed by atoms with Crippen LogP contribution in [0.4, 0.5) is 5.69 Å². The topological polar surface area (TPSA) is 97.2 Å². The second-order valence-corrected chi connectivity index (χ2v) is 6.23. The lowest BCUT2D eigenvalue weighted by atomic mass is 10.1. The normalized spacial score (nSPS) is 13.0. The molecule has 27 heavy (non-hydrogen) atoms. The largest absolute Gasteiger partial charge is 0.323 e. The van der Waals surface area contributed by atoms with Gasteiger partial charge in [-0.2, -0.15) is 5.10 Å². The Morgan fingerprint density at radius 2 is 1.78 bits per heavy atom. The molecule has 0 fully saturated rings. The fourth-order valence-corrected chi connectivity index (χ4v) is 3.03. The summed E-state index contributed by atoms with van der Waals surface area (Å²) in [6.45, 7) is -0.407. The van der Waals surface area contributed by atoms with E-state index in [1.54, 1.807) is 42.5 Å². The minimum absolute atomic E-state index is 0.293. The van der Waals surface area contributed by atoms with E-state index in [2.05, 4.69) is 15.4 Å². The van der Waals surface area contributed by atoms with Crippen LogP contribution in [-0.2, 0) is 4.79 Å². The Hall–Kier alpha value is -3.52. The number of hydrogen-bond donors (Lipinski definition) is 1. The minimum atomic E-state index is -0.534. The van der Waals surface area contributed by atoms with E-state index in [0.717, 1.165) is 4.90 Å². The molecule has 3 aromatic rings. The SMILES string of the molecule is O=C(CN1C(=O)c2ccccc2C1=O)Nc1cc(Cl)ccc1-n1cncn1. The number of nitrogens with zero attached hydrogens (tertiary/aromatic N) is 4. The molecule has 4 rings (SSSR count). The summed E-state index contributed by atoms with van der Waals surface area (Å²) < 4.78 is 1.47. The molecule has 2 aromatic carbocycles. The zero-order chi connectivity index (χ0) is 19.0. The Morgan fingerprint density at radius 1 is 1.07 bits per heavy atom. The van der Waals surface area contributed by atoms with Gasteiger partial charge in [-0.25, -0.2) is 9.67 Å². The number of benzene rings is 2. The van der Waals surface area contributed by atoms with Gasteiger partial charge in [-0.3, -0.25) is 19.3 Å². The van der Waals surface area contributed by atoms with E-state index in [0.29, 0.717) is 27.5 Å². The first-order valence-corrected chi connectivity index (χ1v) is 8.32. The van der Waals surface area contributed by atoms with Crippen molar-refractivity contribution in [3.05, 3.63) is 71.3 Å². The molecule has 0 unspecified atom stereocenters. The summed E-state index contributed by atoms with van der Waals surface area (Å²) in [6.07, 6.45) is 2.84. The van der Waals surface area contributed by atoms with E-state index < -0.39 is 24.3 Å². The van der Waals surface area contributed by atoms with Gasteiger partial charge in [-0.1, -0.05) is 23.7 Å². The smallest absolute Gasteiger partial charge is 0.262 e. The maximum Gasteiger partial charge on any atom is 0.262 e. The van der Waals surface area contributed by atoms with Gasteiger partial charge in [0, 0.05) is 5.02 Å². The minimum Gasteiger partial charge on any atom is -0.323 e. The van der Waals surface area contributed by atoms with Gasteiger partial charge in [0.1, 0.15) is 19.2 Å². The molecule has 8 nitrogen and oxygen atoms in total. The molecule has 3 amide bonds. The van der Waals surface area contributed by atoms with E-state index in [1.807, 2.05) is 0 Å². The second-order valence-electron chi connectivity index (χ2n) is 5.79. The molecule has 134 valence electrons. The van der Waals surface area contributed by atoms with E-state index >= 15 is 0 Å². The van der Waals surface area contributed by atoms with Crippen LogP contribution in [0.25, 0.3) is 5.69 Å². The summed E-state index contributed by atoms with van der Waals surface area (Å²) >= 11 is 6.02. The molecule has 1 aliphatic rings. The van der Waals surface area contributed by atoms with Gasteiger partial charge < -0.3 is 5.32 Å². The number of carbonyl (C=O) groups is 3. The quantitative estimate of drug-likeness (QED) is 0.698. The van der Waals surface area contributed by atoms with Crippen molar-refractivity contribution in [3.8, 4) is 5.69 Å². The number of nitrogens with one attached hydrogen (secondary N) is 1. The number of halogens is 1. The van der Waals surface area contributed by atoms with Gasteiger partial charge in [-0.15, -0.1) is 0 Å². The molecule has 0 atom stereocenters. The number of aromatic nitrogens is 3. The number of fused-ring (bicyclic) bond motifs is 1. The Morgan fingerprint density at radius 3 is 2.41 bits per heavy atom. The van der Waals surface area contributed by atoms with Crippen LogP contribution in [0.5, 0.6) is 0 Å². The van der Waals surface area contributed by atoms with Gasteiger partial charge in [0.05, 0.1) is 22.5 Å². The van der Waals surface area contributed by atoms with Crippen molar-refractivity contribution in [2.24, 2.45) is 0 Å². The molecule has 0 saturated heterocycles. The van der Waals surface area contributed by atoms with Crippen LogP contribution in [0.2, 0.25) is 5.02 Å². The Labute approximate surface area is 158 Å². The van der Waals surface area contributed by atoms with Crippen molar-refractivity contribution < 1.29 is 14.4 Å². The van der Waals surface area contributed by atoms with E-state index in [9.17, 15) is 14.4 Å². The second kappa shape index (κ2) is 6.65. The molecule has 1 aromatic heterocycles. The molecule has 0 saturated carbocycles. The molecule has 0 radical (unpaired) electrons. The molecule has 2 heterocycles. The third-order valence-electron chi connectivity index (χ3n) is 4.08. The van der Waals surface area contributed by atoms with Crippen LogP contribution in [0.15, 0.2) is 55.1 Å². The van der Waals surface area contributed by atoms with Crippen molar-refractivity contribution in [1.82, 2.24) is 19.7 Å². The van der Waals surface area contributed by atoms with Crippen LogP contribution in [0, 0.1) is 0 Å². The van der Waals surface area contributed by atoms with Gasteiger partial charge in [-0.05, 0) is 30.3 Å². The summed E-state index contributed by atoms with van der Waals surface area (Å²) in [5.41, 5.74) is 1.52. The fraction of sp³-hybridized carbons (Fsp3) is 0.0556. The van der Waals surface area contributed by atoms with Crippen molar-refractivity contribution in [1.29, 1.82) is 0 Å². The average molecular weight is 382 g/mol. The maximum atomic E-state index is 12.5. The number of carbonyl (C=O) groups excluding carboxylic acids is 3. The van der Waals surface area contributed by atoms with Crippen LogP contribution < -0.4 is 5.32 Å². The van der Waals surface area contributed by atoms with Crippen molar-refractivity contribution in [2.75, 3.05) is 11.9 Å². The summed E-state index contributed by atoms with van der Waals surface area (Å²) in [7, 11) is 0. The average Bonchev–Trinajstić information content (AvgIpc) is 3.26. The van der Waals surface area contributed by atoms with Crippen LogP contribution >= 0.6 is 11.6 Å². The Bertz CT molecular complexity index is 1030. The highest BCUT2D eigenvalue weighted by atomic mass is 35.5. The number of imide groups is 1. The van der Waals surface area contributed by atoms with Gasteiger partial charge in [0.2, 0.25) is 5.91 Å². The predicted molar refractivity (Wildman–Crippen MR) is 96.8 cm³/mol. The predicted octanol–water partition coefficient (Wildman–Crippen LogP) is 2.16. The lowest BCUT2D eigenvalue weighted by molar-refractivity contribution is -0.116. The third-order valence-corrected chi connectivity index (χ3v) is 4.31. The van der Waals surface area contributed by atoms with E-state index in [4.69, 9.17) is 11.6 Å². The lowest BCUT2D eigenvalue weighted by Gasteiger charge is -2.15. The highest BCUT2D eigenvalue weighted by Crippen LogP contribution is 2.25. The monoisotopic (exact) mass is 381 g/mol. The van der Waals surface area contributed by atoms with Crippen LogP contribution in [0.3, 0.4) is 0 Å². The fourth-order valence-electron chi connectivity index (χ4n) is 2.86. The summed E-state index contributed by atoms with van der Waals surface area (Å²) in [6, 6.07) is 11.3. The number of amides is 3. The lowest BCUT2D eigenvalue weighted by Crippen LogP contribution is -2.37. The zero-order valence-electron chi connectivity index (χ0n) is 13.8. The van der Waals surface area contributed by atoms with Crippen molar-refractivity contribution in [3.63, 3.8) is 0 Å². The molecule has 0 bridgehead atoms. The zero-order valence-corrected chi connectivity index (χ0v) is 14.6. The molecular weight excluding hydrogens is 370 g/mol. The Balaban J connectivity index is 1.56. The summed E-state index contributed by atoms with van der Waals surface area (Å²) in [4.78, 5) is 42.1. The van der Waals surface area contributed by atoms with E-state index in [1.165, 1.54) is 17.3 Å².